The van der Waals surface area contributed by atoms with E-state index >= 15 is 0 Å². The zero-order valence-corrected chi connectivity index (χ0v) is 19.4. The standard InChI is InChI=1S/C16H23Te.6FH.Sb/c1-15(2,3)13-14(16(4,5)6)17(13)12-10-8-7-9-11-12;;;;;;;/h7-11H,1-6H3;6*1H;/q+1;;;;;;;+5/p-6. The predicted octanol–water partition coefficient (Wildman–Crippen LogP) is 6.01. The van der Waals surface area contributed by atoms with Crippen LogP contribution < -0.4 is 3.61 Å². The first-order valence-electron chi connectivity index (χ1n) is 7.29. The summed E-state index contributed by atoms with van der Waals surface area (Å²) < 4.78 is 64.8. The summed E-state index contributed by atoms with van der Waals surface area (Å²) in [6.45, 7) is 14.2. The number of hydrogen-bond acceptors (Lipinski definition) is 0. The van der Waals surface area contributed by atoms with Crippen LogP contribution >= 0.6 is 0 Å². The molecular formula is C16H23F6SbTe. The van der Waals surface area contributed by atoms with Crippen molar-refractivity contribution in [2.45, 2.75) is 41.5 Å². The van der Waals surface area contributed by atoms with Crippen LogP contribution in [0.1, 0.15) is 41.5 Å². The fraction of sp³-hybridized carbons (Fsp3) is 0.500. The van der Waals surface area contributed by atoms with E-state index in [9.17, 15) is 16.9 Å². The molecule has 0 saturated carbocycles. The molecule has 0 radical (unpaired) electrons. The van der Waals surface area contributed by atoms with Crippen molar-refractivity contribution in [3.05, 3.63) is 37.6 Å². The van der Waals surface area contributed by atoms with Crippen LogP contribution in [-0.4, -0.2) is 39.0 Å². The van der Waals surface area contributed by atoms with Gasteiger partial charge < -0.3 is 0 Å². The van der Waals surface area contributed by atoms with Gasteiger partial charge >= 0.3 is 149 Å². The molecule has 0 saturated heterocycles. The summed E-state index contributed by atoms with van der Waals surface area (Å²) in [6.07, 6.45) is 0. The third kappa shape index (κ3) is 8.49. The Morgan fingerprint density at radius 1 is 0.667 bits per heavy atom. The van der Waals surface area contributed by atoms with Gasteiger partial charge in [-0.3, -0.25) is 0 Å². The molecule has 140 valence electrons. The minimum absolute atomic E-state index is 0.370. The van der Waals surface area contributed by atoms with Crippen molar-refractivity contribution in [2.75, 3.05) is 0 Å². The van der Waals surface area contributed by atoms with Crippen molar-refractivity contribution < 1.29 is 16.9 Å². The first kappa shape index (κ1) is 22.2. The van der Waals surface area contributed by atoms with Gasteiger partial charge in [-0.15, -0.1) is 0 Å². The maximum atomic E-state index is 9.93. The molecule has 8 heteroatoms. The third-order valence-corrected chi connectivity index (χ3v) is 11.4. The van der Waals surface area contributed by atoms with Crippen LogP contribution in [0, 0.1) is 10.8 Å². The Bertz CT molecular complexity index is 597. The summed E-state index contributed by atoms with van der Waals surface area (Å²) in [4.78, 5) is 0. The Labute approximate surface area is 148 Å². The van der Waals surface area contributed by atoms with E-state index in [2.05, 4.69) is 71.9 Å². The SMILES string of the molecule is CC(C)(C)C1=C(C(C)(C)C)[Te+]1c1ccccc1.[F][Sb-]([F])([F])([F])([F])[F]. The average Bonchev–Trinajstić information content (AvgIpc) is 2.99. The molecule has 0 aromatic heterocycles. The number of benzene rings is 1. The topological polar surface area (TPSA) is 0 Å². The molecule has 24 heavy (non-hydrogen) atoms. The summed E-state index contributed by atoms with van der Waals surface area (Å²) >= 11 is -12.5. The van der Waals surface area contributed by atoms with Crippen LogP contribution in [0.3, 0.4) is 0 Å². The fourth-order valence-corrected chi connectivity index (χ4v) is 11.7. The monoisotopic (exact) mass is 580 g/mol. The second-order valence-electron chi connectivity index (χ2n) is 7.74. The van der Waals surface area contributed by atoms with Gasteiger partial charge in [0.2, 0.25) is 0 Å². The van der Waals surface area contributed by atoms with E-state index in [0.717, 1.165) is 0 Å². The quantitative estimate of drug-likeness (QED) is 0.283. The van der Waals surface area contributed by atoms with Crippen molar-refractivity contribution in [2.24, 2.45) is 10.8 Å². The molecule has 0 amide bonds. The summed E-state index contributed by atoms with van der Waals surface area (Å²) in [5.74, 6) is 0. The van der Waals surface area contributed by atoms with Gasteiger partial charge in [-0.05, 0) is 0 Å². The third-order valence-electron chi connectivity index (χ3n) is 2.91. The molecule has 0 atom stereocenters. The Morgan fingerprint density at radius 2 is 0.958 bits per heavy atom. The molecule has 0 unspecified atom stereocenters. The molecule has 0 nitrogen and oxygen atoms in total. The van der Waals surface area contributed by atoms with Crippen LogP contribution in [0.2, 0.25) is 0 Å². The van der Waals surface area contributed by atoms with E-state index in [0.29, 0.717) is 10.8 Å². The number of rotatable bonds is 1. The number of halogens is 6. The van der Waals surface area contributed by atoms with Crippen molar-refractivity contribution >= 4 is 42.6 Å². The second-order valence-corrected chi connectivity index (χ2v) is 18.6. The van der Waals surface area contributed by atoms with Crippen LogP contribution in [0.4, 0.5) is 16.9 Å². The second kappa shape index (κ2) is 5.83. The Hall–Kier alpha value is 0.148. The van der Waals surface area contributed by atoms with E-state index in [1.54, 1.807) is 3.61 Å². The normalized spacial score (nSPS) is 19.2. The van der Waals surface area contributed by atoms with Gasteiger partial charge in [-0.2, -0.15) is 0 Å². The zero-order chi connectivity index (χ0) is 19.3. The van der Waals surface area contributed by atoms with Crippen molar-refractivity contribution in [3.8, 4) is 0 Å². The number of hydrogen-bond donors (Lipinski definition) is 0. The van der Waals surface area contributed by atoms with Gasteiger partial charge in [-0.25, -0.2) is 0 Å². The van der Waals surface area contributed by atoms with Crippen molar-refractivity contribution in [3.63, 3.8) is 0 Å². The van der Waals surface area contributed by atoms with Crippen molar-refractivity contribution in [1.82, 2.24) is 0 Å². The van der Waals surface area contributed by atoms with Gasteiger partial charge in [0.15, 0.2) is 0 Å². The Balaban J connectivity index is 0.000000351. The van der Waals surface area contributed by atoms with E-state index in [4.69, 9.17) is 0 Å². The molecule has 1 aromatic carbocycles. The Kier molecular flexibility index (Phi) is 5.39. The Morgan fingerprint density at radius 3 is 1.21 bits per heavy atom. The van der Waals surface area contributed by atoms with Crippen LogP contribution in [-0.2, 0) is 0 Å². The molecular weight excluding hydrogens is 556 g/mol. The van der Waals surface area contributed by atoms with Crippen LogP contribution in [0.25, 0.3) is 0 Å². The molecule has 0 N–H and O–H groups in total. The molecule has 1 aromatic rings. The molecule has 0 fully saturated rings. The minimum atomic E-state index is -11.2. The zero-order valence-electron chi connectivity index (χ0n) is 14.5. The van der Waals surface area contributed by atoms with Gasteiger partial charge in [0.25, 0.3) is 0 Å². The average molecular weight is 579 g/mol. The van der Waals surface area contributed by atoms with E-state index in [-0.39, 0.29) is 0 Å². The van der Waals surface area contributed by atoms with Crippen molar-refractivity contribution in [1.29, 1.82) is 0 Å². The fourth-order valence-electron chi connectivity index (χ4n) is 2.23. The first-order valence-corrected chi connectivity index (χ1v) is 16.6. The molecule has 2 rings (SSSR count). The van der Waals surface area contributed by atoms with E-state index in [1.807, 2.05) is 7.24 Å². The number of allylic oxidation sites excluding steroid dienone is 2. The van der Waals surface area contributed by atoms with E-state index in [1.165, 1.54) is 0 Å². The summed E-state index contributed by atoms with van der Waals surface area (Å²) in [5, 5.41) is 0. The summed E-state index contributed by atoms with van der Waals surface area (Å²) in [7, 11) is 0. The van der Waals surface area contributed by atoms with Gasteiger partial charge in [-0.1, -0.05) is 0 Å². The van der Waals surface area contributed by atoms with Gasteiger partial charge in [0, 0.05) is 0 Å². The molecule has 0 spiro atoms. The summed E-state index contributed by atoms with van der Waals surface area (Å²) in [6, 6.07) is 11.2. The summed E-state index contributed by atoms with van der Waals surface area (Å²) in [5.41, 5.74) is 0.741. The molecule has 1 aliphatic heterocycles. The van der Waals surface area contributed by atoms with Gasteiger partial charge in [0.1, 0.15) is 0 Å². The molecule has 0 aliphatic carbocycles. The molecule has 1 heterocycles. The van der Waals surface area contributed by atoms with Crippen LogP contribution in [0.5, 0.6) is 0 Å². The van der Waals surface area contributed by atoms with Crippen LogP contribution in [0.15, 0.2) is 37.6 Å². The maximum absolute atomic E-state index is 11.2. The van der Waals surface area contributed by atoms with Gasteiger partial charge in [0.05, 0.1) is 0 Å². The predicted molar refractivity (Wildman–Crippen MR) is 90.2 cm³/mol. The molecule has 0 bridgehead atoms. The molecule has 1 aliphatic rings. The van der Waals surface area contributed by atoms with E-state index < -0.39 is 39.0 Å². The first-order chi connectivity index (χ1) is 10.2.